The Kier molecular flexibility index (Phi) is 4.53. The second-order valence-corrected chi connectivity index (χ2v) is 5.31. The summed E-state index contributed by atoms with van der Waals surface area (Å²) in [6.45, 7) is 0.449. The monoisotopic (exact) mass is 308 g/mol. The van der Waals surface area contributed by atoms with Crippen LogP contribution in [0.2, 0.25) is 10.0 Å². The van der Waals surface area contributed by atoms with Crippen molar-refractivity contribution in [1.82, 2.24) is 4.90 Å². The molecule has 0 aromatic heterocycles. The average Bonchev–Trinajstić information content (AvgIpc) is 2.41. The number of nitrogens with two attached hydrogens (primary N) is 1. The predicted molar refractivity (Wildman–Crippen MR) is 83.1 cm³/mol. The van der Waals surface area contributed by atoms with Crippen LogP contribution in [0.4, 0.5) is 5.69 Å². The minimum atomic E-state index is -0.178. The van der Waals surface area contributed by atoms with Crippen molar-refractivity contribution in [3.05, 3.63) is 63.6 Å². The fraction of sp³-hybridized carbons (Fsp3) is 0.133. The first kappa shape index (κ1) is 14.7. The van der Waals surface area contributed by atoms with Gasteiger partial charge in [0.05, 0.1) is 16.3 Å². The highest BCUT2D eigenvalue weighted by molar-refractivity contribution is 6.36. The summed E-state index contributed by atoms with van der Waals surface area (Å²) in [7, 11) is 1.71. The van der Waals surface area contributed by atoms with Crippen LogP contribution >= 0.6 is 23.2 Å². The van der Waals surface area contributed by atoms with Gasteiger partial charge in [-0.25, -0.2) is 0 Å². The minimum absolute atomic E-state index is 0.178. The van der Waals surface area contributed by atoms with Crippen LogP contribution in [0, 0.1) is 0 Å². The Morgan fingerprint density at radius 3 is 2.60 bits per heavy atom. The van der Waals surface area contributed by atoms with Gasteiger partial charge in [-0.05, 0) is 29.8 Å². The molecule has 0 fully saturated rings. The number of halogens is 2. The van der Waals surface area contributed by atoms with Crippen molar-refractivity contribution < 1.29 is 4.79 Å². The number of hydrogen-bond donors (Lipinski definition) is 1. The molecule has 5 heteroatoms. The molecule has 0 aliphatic carbocycles. The minimum Gasteiger partial charge on any atom is -0.398 e. The van der Waals surface area contributed by atoms with Crippen LogP contribution in [0.1, 0.15) is 15.9 Å². The zero-order chi connectivity index (χ0) is 14.7. The summed E-state index contributed by atoms with van der Waals surface area (Å²) in [5, 5.41) is 0.931. The van der Waals surface area contributed by atoms with Gasteiger partial charge in [0.15, 0.2) is 0 Å². The maximum atomic E-state index is 12.4. The van der Waals surface area contributed by atoms with E-state index >= 15 is 0 Å². The lowest BCUT2D eigenvalue weighted by Crippen LogP contribution is -2.26. The summed E-state index contributed by atoms with van der Waals surface area (Å²) >= 11 is 12.0. The van der Waals surface area contributed by atoms with E-state index in [0.29, 0.717) is 22.8 Å². The van der Waals surface area contributed by atoms with Crippen molar-refractivity contribution in [1.29, 1.82) is 0 Å². The van der Waals surface area contributed by atoms with Gasteiger partial charge in [0.1, 0.15) is 0 Å². The van der Waals surface area contributed by atoms with E-state index < -0.39 is 0 Å². The molecular formula is C15H14Cl2N2O. The maximum absolute atomic E-state index is 12.4. The number of carbonyl (C=O) groups is 1. The van der Waals surface area contributed by atoms with Gasteiger partial charge in [0, 0.05) is 18.6 Å². The number of amides is 1. The van der Waals surface area contributed by atoms with Gasteiger partial charge < -0.3 is 10.6 Å². The summed E-state index contributed by atoms with van der Waals surface area (Å²) in [6, 6.07) is 12.4. The fourth-order valence-corrected chi connectivity index (χ4v) is 2.32. The van der Waals surface area contributed by atoms with Crippen LogP contribution in [0.5, 0.6) is 0 Å². The number of anilines is 1. The van der Waals surface area contributed by atoms with Gasteiger partial charge >= 0.3 is 0 Å². The van der Waals surface area contributed by atoms with E-state index in [2.05, 4.69) is 0 Å². The Morgan fingerprint density at radius 2 is 1.90 bits per heavy atom. The van der Waals surface area contributed by atoms with E-state index in [1.165, 1.54) is 0 Å². The number of rotatable bonds is 3. The molecular weight excluding hydrogens is 295 g/mol. The molecule has 2 N–H and O–H groups in total. The molecule has 0 radical (unpaired) electrons. The molecule has 0 unspecified atom stereocenters. The van der Waals surface area contributed by atoms with E-state index in [4.69, 9.17) is 28.9 Å². The Hall–Kier alpha value is -1.71. The molecule has 2 aromatic rings. The number of nitrogens with zero attached hydrogens (tertiary/aromatic N) is 1. The van der Waals surface area contributed by atoms with Crippen molar-refractivity contribution in [2.75, 3.05) is 12.8 Å². The molecule has 0 saturated heterocycles. The second-order valence-electron chi connectivity index (χ2n) is 4.50. The van der Waals surface area contributed by atoms with Crippen LogP contribution < -0.4 is 5.73 Å². The largest absolute Gasteiger partial charge is 0.398 e. The molecule has 0 bridgehead atoms. The highest BCUT2D eigenvalue weighted by Gasteiger charge is 2.16. The molecule has 0 saturated carbocycles. The summed E-state index contributed by atoms with van der Waals surface area (Å²) in [5.74, 6) is -0.178. The van der Waals surface area contributed by atoms with Crippen LogP contribution in [0.25, 0.3) is 0 Å². The van der Waals surface area contributed by atoms with Gasteiger partial charge in [0.2, 0.25) is 0 Å². The van der Waals surface area contributed by atoms with Gasteiger partial charge in [-0.3, -0.25) is 4.79 Å². The van der Waals surface area contributed by atoms with E-state index in [-0.39, 0.29) is 10.9 Å². The Labute approximate surface area is 127 Å². The third-order valence-electron chi connectivity index (χ3n) is 2.91. The van der Waals surface area contributed by atoms with Crippen molar-refractivity contribution in [3.8, 4) is 0 Å². The van der Waals surface area contributed by atoms with Crippen molar-refractivity contribution in [2.24, 2.45) is 0 Å². The van der Waals surface area contributed by atoms with Crippen molar-refractivity contribution in [3.63, 3.8) is 0 Å². The highest BCUT2D eigenvalue weighted by Crippen LogP contribution is 2.24. The molecule has 3 nitrogen and oxygen atoms in total. The molecule has 20 heavy (non-hydrogen) atoms. The van der Waals surface area contributed by atoms with Gasteiger partial charge in [-0.2, -0.15) is 0 Å². The molecule has 0 spiro atoms. The summed E-state index contributed by atoms with van der Waals surface area (Å²) < 4.78 is 0. The first-order valence-electron chi connectivity index (χ1n) is 6.03. The van der Waals surface area contributed by atoms with Crippen molar-refractivity contribution in [2.45, 2.75) is 6.54 Å². The Balaban J connectivity index is 2.19. The SMILES string of the molecule is CN(Cc1cccc(Cl)c1)C(=O)c1cccc(N)c1Cl. The number of carbonyl (C=O) groups excluding carboxylic acids is 1. The molecule has 0 heterocycles. The van der Waals surface area contributed by atoms with Crippen LogP contribution in [0.15, 0.2) is 42.5 Å². The predicted octanol–water partition coefficient (Wildman–Crippen LogP) is 3.85. The second kappa shape index (κ2) is 6.16. The fourth-order valence-electron chi connectivity index (χ4n) is 1.90. The van der Waals surface area contributed by atoms with E-state index in [9.17, 15) is 4.79 Å². The van der Waals surface area contributed by atoms with Crippen LogP contribution in [-0.4, -0.2) is 17.9 Å². The molecule has 0 aliphatic rings. The third-order valence-corrected chi connectivity index (χ3v) is 3.57. The van der Waals surface area contributed by atoms with E-state index in [0.717, 1.165) is 5.56 Å². The zero-order valence-electron chi connectivity index (χ0n) is 10.9. The summed E-state index contributed by atoms with van der Waals surface area (Å²) in [6.07, 6.45) is 0. The zero-order valence-corrected chi connectivity index (χ0v) is 12.4. The van der Waals surface area contributed by atoms with Gasteiger partial charge in [-0.15, -0.1) is 0 Å². The first-order chi connectivity index (χ1) is 9.49. The normalized spacial score (nSPS) is 10.3. The highest BCUT2D eigenvalue weighted by atomic mass is 35.5. The molecule has 0 aliphatic heterocycles. The average molecular weight is 309 g/mol. The van der Waals surface area contributed by atoms with Gasteiger partial charge in [-0.1, -0.05) is 41.4 Å². The molecule has 1 amide bonds. The quantitative estimate of drug-likeness (QED) is 0.875. The number of benzene rings is 2. The lowest BCUT2D eigenvalue weighted by Gasteiger charge is -2.18. The first-order valence-corrected chi connectivity index (χ1v) is 6.78. The Bertz CT molecular complexity index is 644. The standard InChI is InChI=1S/C15H14Cl2N2O/c1-19(9-10-4-2-5-11(16)8-10)15(20)12-6-3-7-13(18)14(12)17/h2-8H,9,18H2,1H3. The van der Waals surface area contributed by atoms with Crippen LogP contribution in [0.3, 0.4) is 0 Å². The summed E-state index contributed by atoms with van der Waals surface area (Å²) in [5.41, 5.74) is 7.46. The molecule has 104 valence electrons. The molecule has 0 atom stereocenters. The molecule has 2 aromatic carbocycles. The number of hydrogen-bond acceptors (Lipinski definition) is 2. The maximum Gasteiger partial charge on any atom is 0.255 e. The van der Waals surface area contributed by atoms with Gasteiger partial charge in [0.25, 0.3) is 5.91 Å². The Morgan fingerprint density at radius 1 is 1.20 bits per heavy atom. The summed E-state index contributed by atoms with van der Waals surface area (Å²) in [4.78, 5) is 13.9. The topological polar surface area (TPSA) is 46.3 Å². The van der Waals surface area contributed by atoms with E-state index in [1.54, 1.807) is 36.2 Å². The van der Waals surface area contributed by atoms with Crippen LogP contribution in [-0.2, 0) is 6.54 Å². The smallest absolute Gasteiger partial charge is 0.255 e. The van der Waals surface area contributed by atoms with E-state index in [1.807, 2.05) is 18.2 Å². The third kappa shape index (κ3) is 3.24. The number of nitrogen functional groups attached to an aromatic ring is 1. The lowest BCUT2D eigenvalue weighted by molar-refractivity contribution is 0.0785. The lowest BCUT2D eigenvalue weighted by atomic mass is 10.1. The van der Waals surface area contributed by atoms with Crippen molar-refractivity contribution >= 4 is 34.8 Å². The molecule has 2 rings (SSSR count).